The Morgan fingerprint density at radius 1 is 1.44 bits per heavy atom. The van der Waals surface area contributed by atoms with Crippen molar-refractivity contribution < 1.29 is 14.6 Å². The van der Waals surface area contributed by atoms with Crippen molar-refractivity contribution >= 4 is 33.4 Å². The number of aliphatic hydroxyl groups excluding tert-OH is 1. The van der Waals surface area contributed by atoms with Crippen LogP contribution in [0.3, 0.4) is 0 Å². The summed E-state index contributed by atoms with van der Waals surface area (Å²) in [7, 11) is 1.57. The maximum absolute atomic E-state index is 12.2. The molecule has 0 saturated carbocycles. The molecule has 0 atom stereocenters. The molecule has 6 heteroatoms. The number of nitrogens with zero attached hydrogens (tertiary/aromatic N) is 1. The van der Waals surface area contributed by atoms with Gasteiger partial charge in [-0.25, -0.2) is 0 Å². The minimum atomic E-state index is -0.177. The molecule has 0 saturated heterocycles. The third-order valence-corrected chi connectivity index (χ3v) is 3.01. The first kappa shape index (κ1) is 15.4. The second-order valence-corrected chi connectivity index (χ2v) is 5.02. The Morgan fingerprint density at radius 3 is 2.72 bits per heavy atom. The number of carbonyl (C=O) groups excluding carboxylic acids is 1. The van der Waals surface area contributed by atoms with Crippen LogP contribution in [0.15, 0.2) is 22.7 Å². The van der Waals surface area contributed by atoms with E-state index in [4.69, 9.17) is 21.4 Å². The number of methoxy groups -OCH3 is 1. The van der Waals surface area contributed by atoms with Crippen LogP contribution in [0.5, 0.6) is 0 Å². The molecular formula is C12H15BrClNO3. The van der Waals surface area contributed by atoms with Crippen LogP contribution in [0.4, 0.5) is 0 Å². The first-order valence-electron chi connectivity index (χ1n) is 5.43. The van der Waals surface area contributed by atoms with Crippen LogP contribution >= 0.6 is 27.5 Å². The summed E-state index contributed by atoms with van der Waals surface area (Å²) in [5.41, 5.74) is 0.485. The molecule has 1 amide bonds. The van der Waals surface area contributed by atoms with Gasteiger partial charge in [-0.2, -0.15) is 0 Å². The van der Waals surface area contributed by atoms with E-state index in [-0.39, 0.29) is 19.1 Å². The van der Waals surface area contributed by atoms with Crippen molar-refractivity contribution in [3.63, 3.8) is 0 Å². The molecule has 1 rings (SSSR count). The van der Waals surface area contributed by atoms with Crippen molar-refractivity contribution in [2.75, 3.05) is 33.4 Å². The third kappa shape index (κ3) is 4.57. The van der Waals surface area contributed by atoms with E-state index in [0.29, 0.717) is 23.7 Å². The van der Waals surface area contributed by atoms with Gasteiger partial charge >= 0.3 is 0 Å². The van der Waals surface area contributed by atoms with Gasteiger partial charge in [0.05, 0.1) is 13.2 Å². The second-order valence-electron chi connectivity index (χ2n) is 3.67. The number of hydrogen-bond donors (Lipinski definition) is 1. The normalized spacial score (nSPS) is 10.4. The maximum Gasteiger partial charge on any atom is 0.254 e. The quantitative estimate of drug-likeness (QED) is 0.866. The van der Waals surface area contributed by atoms with Gasteiger partial charge in [-0.05, 0) is 18.2 Å². The average molecular weight is 337 g/mol. The van der Waals surface area contributed by atoms with Gasteiger partial charge in [-0.15, -0.1) is 0 Å². The van der Waals surface area contributed by atoms with Crippen LogP contribution in [0.1, 0.15) is 10.4 Å². The molecule has 0 fully saturated rings. The van der Waals surface area contributed by atoms with Crippen LogP contribution in [0, 0.1) is 0 Å². The lowest BCUT2D eigenvalue weighted by Crippen LogP contribution is -2.36. The first-order chi connectivity index (χ1) is 8.58. The van der Waals surface area contributed by atoms with Gasteiger partial charge in [0.1, 0.15) is 0 Å². The van der Waals surface area contributed by atoms with Crippen LogP contribution in [-0.4, -0.2) is 49.3 Å². The number of carbonyl (C=O) groups is 1. The highest BCUT2D eigenvalue weighted by atomic mass is 79.9. The Balaban J connectivity index is 2.86. The molecule has 1 aromatic carbocycles. The van der Waals surface area contributed by atoms with E-state index in [0.717, 1.165) is 4.47 Å². The predicted octanol–water partition coefficient (Wildman–Crippen LogP) is 2.18. The lowest BCUT2D eigenvalue weighted by atomic mass is 10.2. The molecule has 0 aliphatic heterocycles. The molecule has 100 valence electrons. The first-order valence-corrected chi connectivity index (χ1v) is 6.60. The van der Waals surface area contributed by atoms with Crippen LogP contribution in [0.2, 0.25) is 5.02 Å². The summed E-state index contributed by atoms with van der Waals surface area (Å²) >= 11 is 9.20. The number of halogens is 2. The molecule has 0 radical (unpaired) electrons. The van der Waals surface area contributed by atoms with Crippen molar-refractivity contribution in [3.05, 3.63) is 33.3 Å². The van der Waals surface area contributed by atoms with E-state index in [1.54, 1.807) is 25.3 Å². The Kier molecular flexibility index (Phi) is 6.63. The van der Waals surface area contributed by atoms with Crippen LogP contribution in [0.25, 0.3) is 0 Å². The van der Waals surface area contributed by atoms with Crippen molar-refractivity contribution in [3.8, 4) is 0 Å². The third-order valence-electron chi connectivity index (χ3n) is 2.33. The summed E-state index contributed by atoms with van der Waals surface area (Å²) in [5.74, 6) is -0.177. The SMILES string of the molecule is COCCN(CCO)C(=O)c1cc(Cl)cc(Br)c1. The summed E-state index contributed by atoms with van der Waals surface area (Å²) in [6, 6.07) is 5.01. The number of amides is 1. The van der Waals surface area contributed by atoms with Crippen molar-refractivity contribution in [1.82, 2.24) is 4.90 Å². The number of benzene rings is 1. The highest BCUT2D eigenvalue weighted by Crippen LogP contribution is 2.20. The monoisotopic (exact) mass is 335 g/mol. The molecule has 1 N–H and O–H groups in total. The molecule has 0 aliphatic carbocycles. The van der Waals surface area contributed by atoms with Gasteiger partial charge in [-0.3, -0.25) is 4.79 Å². The fourth-order valence-corrected chi connectivity index (χ4v) is 2.36. The number of ether oxygens (including phenoxy) is 1. The molecule has 0 unspecified atom stereocenters. The highest BCUT2D eigenvalue weighted by molar-refractivity contribution is 9.10. The van der Waals surface area contributed by atoms with E-state index in [2.05, 4.69) is 15.9 Å². The second kappa shape index (κ2) is 7.74. The standard InChI is InChI=1S/C12H15BrClNO3/c1-18-5-3-15(2-4-16)12(17)9-6-10(13)8-11(14)7-9/h6-8,16H,2-5H2,1H3. The topological polar surface area (TPSA) is 49.8 Å². The molecule has 0 spiro atoms. The zero-order valence-electron chi connectivity index (χ0n) is 10.0. The summed E-state index contributed by atoms with van der Waals surface area (Å²) in [4.78, 5) is 13.8. The minimum absolute atomic E-state index is 0.0861. The lowest BCUT2D eigenvalue weighted by molar-refractivity contribution is 0.0656. The molecule has 1 aromatic rings. The number of rotatable bonds is 6. The van der Waals surface area contributed by atoms with Crippen molar-refractivity contribution in [2.24, 2.45) is 0 Å². The van der Waals surface area contributed by atoms with Crippen LogP contribution in [-0.2, 0) is 4.74 Å². The zero-order valence-corrected chi connectivity index (χ0v) is 12.4. The van der Waals surface area contributed by atoms with Gasteiger partial charge in [0.2, 0.25) is 0 Å². The van der Waals surface area contributed by atoms with Gasteiger partial charge in [0, 0.05) is 35.3 Å². The smallest absolute Gasteiger partial charge is 0.254 e. The fourth-order valence-electron chi connectivity index (χ4n) is 1.50. The Hall–Kier alpha value is -0.620. The fraction of sp³-hybridized carbons (Fsp3) is 0.417. The molecule has 0 heterocycles. The maximum atomic E-state index is 12.2. The molecular weight excluding hydrogens is 321 g/mol. The summed E-state index contributed by atoms with van der Waals surface area (Å²) in [6.07, 6.45) is 0. The van der Waals surface area contributed by atoms with E-state index in [1.807, 2.05) is 0 Å². The highest BCUT2D eigenvalue weighted by Gasteiger charge is 2.16. The zero-order chi connectivity index (χ0) is 13.5. The largest absolute Gasteiger partial charge is 0.395 e. The Labute approximate surface area is 120 Å². The molecule has 18 heavy (non-hydrogen) atoms. The molecule has 0 aliphatic rings. The van der Waals surface area contributed by atoms with E-state index in [1.165, 1.54) is 4.90 Å². The van der Waals surface area contributed by atoms with E-state index >= 15 is 0 Å². The van der Waals surface area contributed by atoms with Crippen molar-refractivity contribution in [2.45, 2.75) is 0 Å². The number of aliphatic hydroxyl groups is 1. The lowest BCUT2D eigenvalue weighted by Gasteiger charge is -2.21. The average Bonchev–Trinajstić information content (AvgIpc) is 2.32. The number of hydrogen-bond acceptors (Lipinski definition) is 3. The van der Waals surface area contributed by atoms with Gasteiger partial charge in [-0.1, -0.05) is 27.5 Å². The summed E-state index contributed by atoms with van der Waals surface area (Å²) in [6.45, 7) is 1.04. The molecule has 0 aromatic heterocycles. The predicted molar refractivity (Wildman–Crippen MR) is 74.0 cm³/mol. The summed E-state index contributed by atoms with van der Waals surface area (Å²) < 4.78 is 5.69. The minimum Gasteiger partial charge on any atom is -0.395 e. The van der Waals surface area contributed by atoms with E-state index in [9.17, 15) is 4.79 Å². The van der Waals surface area contributed by atoms with Crippen LogP contribution < -0.4 is 0 Å². The molecule has 4 nitrogen and oxygen atoms in total. The van der Waals surface area contributed by atoms with E-state index < -0.39 is 0 Å². The van der Waals surface area contributed by atoms with Gasteiger partial charge in [0.15, 0.2) is 0 Å². The van der Waals surface area contributed by atoms with Crippen molar-refractivity contribution in [1.29, 1.82) is 0 Å². The molecule has 0 bridgehead atoms. The van der Waals surface area contributed by atoms with Gasteiger partial charge < -0.3 is 14.7 Å². The Bertz CT molecular complexity index is 394. The Morgan fingerprint density at radius 2 is 2.17 bits per heavy atom. The summed E-state index contributed by atoms with van der Waals surface area (Å²) in [5, 5.41) is 9.46. The van der Waals surface area contributed by atoms with Gasteiger partial charge in [0.25, 0.3) is 5.91 Å².